The van der Waals surface area contributed by atoms with Crippen LogP contribution in [0.15, 0.2) is 42.5 Å². The zero-order valence-corrected chi connectivity index (χ0v) is 19.4. The number of aromatic amines is 1. The first-order chi connectivity index (χ1) is 15.5. The molecule has 0 saturated carbocycles. The summed E-state index contributed by atoms with van der Waals surface area (Å²) in [5.74, 6) is -0.494. The molecule has 1 aliphatic heterocycles. The molecule has 2 heterocycles. The van der Waals surface area contributed by atoms with E-state index in [2.05, 4.69) is 22.4 Å². The van der Waals surface area contributed by atoms with Gasteiger partial charge < -0.3 is 19.2 Å². The van der Waals surface area contributed by atoms with Gasteiger partial charge in [-0.2, -0.15) is 0 Å². The fraction of sp³-hybridized carbons (Fsp3) is 0.400. The number of halogens is 1. The highest BCUT2D eigenvalue weighted by Gasteiger charge is 2.38. The molecule has 0 radical (unpaired) electrons. The summed E-state index contributed by atoms with van der Waals surface area (Å²) < 4.78 is 16.6. The van der Waals surface area contributed by atoms with Crippen molar-refractivity contribution in [3.05, 3.63) is 69.9 Å². The Morgan fingerprint density at radius 1 is 1.19 bits per heavy atom. The lowest BCUT2D eigenvalue weighted by Crippen LogP contribution is -2.47. The summed E-state index contributed by atoms with van der Waals surface area (Å²) >= 11 is 6.46. The van der Waals surface area contributed by atoms with Crippen molar-refractivity contribution >= 4 is 28.5 Å². The Morgan fingerprint density at radius 3 is 2.72 bits per heavy atom. The van der Waals surface area contributed by atoms with Crippen LogP contribution in [0.4, 0.5) is 0 Å². The van der Waals surface area contributed by atoms with Crippen LogP contribution in [0.3, 0.4) is 0 Å². The second kappa shape index (κ2) is 10.0. The van der Waals surface area contributed by atoms with Gasteiger partial charge in [0.05, 0.1) is 13.2 Å². The third-order valence-electron chi connectivity index (χ3n) is 6.02. The van der Waals surface area contributed by atoms with Gasteiger partial charge in [-0.15, -0.1) is 0 Å². The molecule has 6 nitrogen and oxygen atoms in total. The van der Waals surface area contributed by atoms with Gasteiger partial charge >= 0.3 is 5.97 Å². The Balaban J connectivity index is 1.80. The summed E-state index contributed by atoms with van der Waals surface area (Å²) in [5, 5.41) is 5.21. The van der Waals surface area contributed by atoms with E-state index in [1.54, 1.807) is 7.11 Å². The normalized spacial score (nSPS) is 19.0. The number of aromatic nitrogens is 1. The molecular formula is C25H29ClN2O4. The first-order valence-corrected chi connectivity index (χ1v) is 11.3. The van der Waals surface area contributed by atoms with Gasteiger partial charge in [-0.3, -0.25) is 10.1 Å². The molecule has 0 saturated heterocycles. The van der Waals surface area contributed by atoms with E-state index in [1.807, 2.05) is 44.2 Å². The second-order valence-electron chi connectivity index (χ2n) is 7.98. The summed E-state index contributed by atoms with van der Waals surface area (Å²) in [5.41, 5.74) is 5.42. The lowest BCUT2D eigenvalue weighted by molar-refractivity contribution is -0.149. The van der Waals surface area contributed by atoms with Crippen LogP contribution < -0.4 is 5.32 Å². The summed E-state index contributed by atoms with van der Waals surface area (Å²) in [7, 11) is 1.60. The molecule has 3 unspecified atom stereocenters. The maximum Gasteiger partial charge on any atom is 0.323 e. The van der Waals surface area contributed by atoms with Gasteiger partial charge in [0.15, 0.2) is 6.29 Å². The van der Waals surface area contributed by atoms with Crippen molar-refractivity contribution in [2.75, 3.05) is 20.3 Å². The second-order valence-corrected chi connectivity index (χ2v) is 8.39. The SMILES string of the molecule is CCOC(=O)C1NCc2[nH]c3cccc(Cc4ccccc4Cl)c3c2C1COC(C)OC. The van der Waals surface area contributed by atoms with E-state index < -0.39 is 6.04 Å². The van der Waals surface area contributed by atoms with Crippen LogP contribution in [0.2, 0.25) is 5.02 Å². The maximum absolute atomic E-state index is 12.8. The third-order valence-corrected chi connectivity index (χ3v) is 6.39. The van der Waals surface area contributed by atoms with E-state index in [0.29, 0.717) is 26.2 Å². The molecule has 0 aliphatic carbocycles. The van der Waals surface area contributed by atoms with Gasteiger partial charge in [0.2, 0.25) is 0 Å². The van der Waals surface area contributed by atoms with Crippen LogP contribution in [0.1, 0.15) is 42.1 Å². The highest BCUT2D eigenvalue weighted by molar-refractivity contribution is 6.31. The number of carbonyl (C=O) groups excluding carboxylic acids is 1. The number of methoxy groups -OCH3 is 1. The van der Waals surface area contributed by atoms with E-state index in [4.69, 9.17) is 25.8 Å². The molecule has 0 spiro atoms. The van der Waals surface area contributed by atoms with Crippen LogP contribution in [0, 0.1) is 0 Å². The number of ether oxygens (including phenoxy) is 3. The van der Waals surface area contributed by atoms with Gasteiger partial charge in [-0.05, 0) is 49.1 Å². The number of esters is 1. The molecule has 3 atom stereocenters. The Morgan fingerprint density at radius 2 is 1.97 bits per heavy atom. The third kappa shape index (κ3) is 4.55. The summed E-state index contributed by atoms with van der Waals surface area (Å²) in [6.07, 6.45) is 0.317. The molecule has 0 bridgehead atoms. The quantitative estimate of drug-likeness (QED) is 0.384. The predicted molar refractivity (Wildman–Crippen MR) is 125 cm³/mol. The molecule has 2 aromatic carbocycles. The first kappa shape index (κ1) is 22.8. The molecule has 0 amide bonds. The topological polar surface area (TPSA) is 72.6 Å². The highest BCUT2D eigenvalue weighted by atomic mass is 35.5. The van der Waals surface area contributed by atoms with E-state index in [-0.39, 0.29) is 18.2 Å². The van der Waals surface area contributed by atoms with Crippen molar-refractivity contribution in [1.29, 1.82) is 0 Å². The molecule has 7 heteroatoms. The fourth-order valence-corrected chi connectivity index (χ4v) is 4.64. The van der Waals surface area contributed by atoms with Crippen molar-refractivity contribution in [2.45, 2.75) is 45.1 Å². The van der Waals surface area contributed by atoms with Crippen molar-refractivity contribution < 1.29 is 19.0 Å². The van der Waals surface area contributed by atoms with Crippen LogP contribution >= 0.6 is 11.6 Å². The smallest absolute Gasteiger partial charge is 0.323 e. The Bertz CT molecular complexity index is 1100. The molecular weight excluding hydrogens is 428 g/mol. The molecule has 1 aromatic heterocycles. The van der Waals surface area contributed by atoms with Crippen LogP contribution in [0.5, 0.6) is 0 Å². The fourth-order valence-electron chi connectivity index (χ4n) is 4.43. The molecule has 170 valence electrons. The molecule has 4 rings (SSSR count). The predicted octanol–water partition coefficient (Wildman–Crippen LogP) is 4.54. The summed E-state index contributed by atoms with van der Waals surface area (Å²) in [6, 6.07) is 13.6. The lowest BCUT2D eigenvalue weighted by atomic mass is 9.84. The van der Waals surface area contributed by atoms with Crippen molar-refractivity contribution in [3.8, 4) is 0 Å². The number of fused-ring (bicyclic) bond motifs is 3. The Hall–Kier alpha value is -2.38. The van der Waals surface area contributed by atoms with Crippen LogP contribution in [-0.2, 0) is 32.0 Å². The molecule has 2 N–H and O–H groups in total. The first-order valence-electron chi connectivity index (χ1n) is 10.9. The van der Waals surface area contributed by atoms with Gasteiger partial charge in [0, 0.05) is 41.2 Å². The van der Waals surface area contributed by atoms with E-state index in [0.717, 1.165) is 38.3 Å². The number of H-pyrrole nitrogens is 1. The van der Waals surface area contributed by atoms with Crippen LogP contribution in [0.25, 0.3) is 10.9 Å². The lowest BCUT2D eigenvalue weighted by Gasteiger charge is -2.32. The molecule has 0 fully saturated rings. The number of nitrogens with one attached hydrogen (secondary N) is 2. The molecule has 3 aromatic rings. The van der Waals surface area contributed by atoms with Crippen molar-refractivity contribution in [3.63, 3.8) is 0 Å². The van der Waals surface area contributed by atoms with Crippen molar-refractivity contribution in [2.24, 2.45) is 0 Å². The minimum absolute atomic E-state index is 0.225. The van der Waals surface area contributed by atoms with E-state index in [1.165, 1.54) is 0 Å². The van der Waals surface area contributed by atoms with Gasteiger partial charge in [0.1, 0.15) is 6.04 Å². The standard InChI is InChI=1S/C25H29ClN2O4/c1-4-31-25(29)24-18(14-32-15(2)30-3)23-21(13-27-24)28-20-11-7-9-17(22(20)23)12-16-8-5-6-10-19(16)26/h5-11,15,18,24,27-28H,4,12-14H2,1-3H3. The monoisotopic (exact) mass is 456 g/mol. The van der Waals surface area contributed by atoms with Gasteiger partial charge in [-0.1, -0.05) is 41.9 Å². The summed E-state index contributed by atoms with van der Waals surface area (Å²) in [6.45, 7) is 4.87. The minimum atomic E-state index is -0.501. The zero-order chi connectivity index (χ0) is 22.7. The minimum Gasteiger partial charge on any atom is -0.465 e. The average molecular weight is 457 g/mol. The highest BCUT2D eigenvalue weighted by Crippen LogP contribution is 2.38. The number of hydrogen-bond acceptors (Lipinski definition) is 5. The molecule has 1 aliphatic rings. The number of rotatable bonds is 8. The Kier molecular flexibility index (Phi) is 7.16. The average Bonchev–Trinajstić information content (AvgIpc) is 3.18. The van der Waals surface area contributed by atoms with E-state index >= 15 is 0 Å². The zero-order valence-electron chi connectivity index (χ0n) is 18.6. The maximum atomic E-state index is 12.8. The number of hydrogen-bond donors (Lipinski definition) is 2. The van der Waals surface area contributed by atoms with Crippen LogP contribution in [-0.4, -0.2) is 43.6 Å². The van der Waals surface area contributed by atoms with Crippen molar-refractivity contribution in [1.82, 2.24) is 10.3 Å². The van der Waals surface area contributed by atoms with Gasteiger partial charge in [-0.25, -0.2) is 0 Å². The largest absolute Gasteiger partial charge is 0.465 e. The number of benzene rings is 2. The Labute approximate surface area is 193 Å². The van der Waals surface area contributed by atoms with Gasteiger partial charge in [0.25, 0.3) is 0 Å². The number of carbonyl (C=O) groups is 1. The summed E-state index contributed by atoms with van der Waals surface area (Å²) in [4.78, 5) is 16.4. The van der Waals surface area contributed by atoms with E-state index in [9.17, 15) is 4.79 Å². The molecule has 32 heavy (non-hydrogen) atoms.